The van der Waals surface area contributed by atoms with Crippen LogP contribution in [0.25, 0.3) is 12.2 Å². The van der Waals surface area contributed by atoms with Crippen LogP contribution in [0.5, 0.6) is 0 Å². The van der Waals surface area contributed by atoms with Gasteiger partial charge < -0.3 is 10.6 Å². The van der Waals surface area contributed by atoms with Gasteiger partial charge in [0.15, 0.2) is 0 Å². The van der Waals surface area contributed by atoms with Crippen molar-refractivity contribution in [2.24, 2.45) is 0 Å². The molecule has 1 aliphatic rings. The van der Waals surface area contributed by atoms with Crippen molar-refractivity contribution in [2.45, 2.75) is 6.42 Å². The van der Waals surface area contributed by atoms with Crippen molar-refractivity contribution >= 4 is 23.5 Å². The minimum absolute atomic E-state index is 0.899. The van der Waals surface area contributed by atoms with Crippen molar-refractivity contribution in [3.05, 3.63) is 66.1 Å². The summed E-state index contributed by atoms with van der Waals surface area (Å²) in [7, 11) is 0. The number of hydrogen-bond acceptors (Lipinski definition) is 3. The van der Waals surface area contributed by atoms with Gasteiger partial charge in [-0.25, -0.2) is 0 Å². The Morgan fingerprint density at radius 3 is 2.95 bits per heavy atom. The fourth-order valence-corrected chi connectivity index (χ4v) is 2.26. The van der Waals surface area contributed by atoms with E-state index < -0.39 is 0 Å². The first-order valence-corrected chi connectivity index (χ1v) is 6.73. The van der Waals surface area contributed by atoms with E-state index in [2.05, 4.69) is 52.5 Å². The molecule has 0 bridgehead atoms. The van der Waals surface area contributed by atoms with Gasteiger partial charge in [0.05, 0.1) is 11.4 Å². The van der Waals surface area contributed by atoms with E-state index in [1.165, 1.54) is 0 Å². The summed E-state index contributed by atoms with van der Waals surface area (Å²) in [5.74, 6) is 0. The van der Waals surface area contributed by atoms with Gasteiger partial charge in [0, 0.05) is 31.1 Å². The van der Waals surface area contributed by atoms with Crippen LogP contribution in [0.1, 0.15) is 17.5 Å². The number of para-hydroxylation sites is 1. The summed E-state index contributed by atoms with van der Waals surface area (Å²) < 4.78 is 0. The number of hydrogen-bond donors (Lipinski definition) is 2. The van der Waals surface area contributed by atoms with E-state index >= 15 is 0 Å². The van der Waals surface area contributed by atoms with E-state index in [1.54, 1.807) is 6.20 Å². The predicted octanol–water partition coefficient (Wildman–Crippen LogP) is 3.99. The summed E-state index contributed by atoms with van der Waals surface area (Å²) in [5.41, 5.74) is 5.52. The molecule has 20 heavy (non-hydrogen) atoms. The Bertz CT molecular complexity index is 645. The number of benzene rings is 1. The van der Waals surface area contributed by atoms with E-state index in [-0.39, 0.29) is 0 Å². The van der Waals surface area contributed by atoms with Gasteiger partial charge in [-0.05, 0) is 23.3 Å². The first-order valence-electron chi connectivity index (χ1n) is 6.73. The summed E-state index contributed by atoms with van der Waals surface area (Å²) in [6, 6.07) is 10.2. The lowest BCUT2D eigenvalue weighted by Crippen LogP contribution is -2.00. The van der Waals surface area contributed by atoms with Crippen LogP contribution in [0.15, 0.2) is 55.0 Å². The Morgan fingerprint density at radius 1 is 1.15 bits per heavy atom. The molecule has 1 aromatic carbocycles. The van der Waals surface area contributed by atoms with Crippen molar-refractivity contribution < 1.29 is 0 Å². The Balaban J connectivity index is 1.93. The second-order valence-electron chi connectivity index (χ2n) is 4.79. The predicted molar refractivity (Wildman–Crippen MR) is 85.5 cm³/mol. The number of aromatic nitrogens is 1. The quantitative estimate of drug-likeness (QED) is 0.860. The minimum Gasteiger partial charge on any atom is -0.382 e. The van der Waals surface area contributed by atoms with E-state index in [4.69, 9.17) is 0 Å². The third kappa shape index (κ3) is 2.72. The van der Waals surface area contributed by atoms with Crippen molar-refractivity contribution in [2.75, 3.05) is 17.2 Å². The SMILES string of the molecule is C=C1CCNc2c(/C=C/c3cccnc3)cccc2N1. The maximum atomic E-state index is 4.12. The van der Waals surface area contributed by atoms with Gasteiger partial charge in [-0.2, -0.15) is 0 Å². The summed E-state index contributed by atoms with van der Waals surface area (Å²) in [6.07, 6.45) is 8.75. The zero-order chi connectivity index (χ0) is 13.8. The first-order chi connectivity index (χ1) is 9.83. The van der Waals surface area contributed by atoms with Crippen LogP contribution in [0.3, 0.4) is 0 Å². The molecule has 1 aromatic heterocycles. The molecule has 0 fully saturated rings. The van der Waals surface area contributed by atoms with Crippen molar-refractivity contribution in [1.82, 2.24) is 4.98 Å². The van der Waals surface area contributed by atoms with Gasteiger partial charge in [-0.15, -0.1) is 0 Å². The van der Waals surface area contributed by atoms with Crippen molar-refractivity contribution in [3.63, 3.8) is 0 Å². The van der Waals surface area contributed by atoms with Gasteiger partial charge in [0.2, 0.25) is 0 Å². The Morgan fingerprint density at radius 2 is 2.10 bits per heavy atom. The van der Waals surface area contributed by atoms with Crippen LogP contribution < -0.4 is 10.6 Å². The molecule has 3 rings (SSSR count). The molecule has 0 amide bonds. The zero-order valence-corrected chi connectivity index (χ0v) is 11.3. The van der Waals surface area contributed by atoms with Crippen LogP contribution in [0, 0.1) is 0 Å². The number of fused-ring (bicyclic) bond motifs is 1. The number of anilines is 2. The van der Waals surface area contributed by atoms with Crippen LogP contribution in [0.2, 0.25) is 0 Å². The maximum absolute atomic E-state index is 4.12. The third-order valence-corrected chi connectivity index (χ3v) is 3.28. The second kappa shape index (κ2) is 5.61. The highest BCUT2D eigenvalue weighted by atomic mass is 15.0. The van der Waals surface area contributed by atoms with Crippen LogP contribution >= 0.6 is 0 Å². The van der Waals surface area contributed by atoms with Gasteiger partial charge in [-0.3, -0.25) is 4.98 Å². The molecular formula is C17H17N3. The second-order valence-corrected chi connectivity index (χ2v) is 4.79. The van der Waals surface area contributed by atoms with E-state index in [0.717, 1.165) is 41.2 Å². The summed E-state index contributed by atoms with van der Waals surface area (Å²) in [6.45, 7) is 4.92. The lowest BCUT2D eigenvalue weighted by molar-refractivity contribution is 1.03. The van der Waals surface area contributed by atoms with E-state index in [1.807, 2.05) is 18.3 Å². The molecular weight excluding hydrogens is 246 g/mol. The molecule has 0 unspecified atom stereocenters. The number of rotatable bonds is 2. The van der Waals surface area contributed by atoms with E-state index in [0.29, 0.717) is 0 Å². The maximum Gasteiger partial charge on any atom is 0.0653 e. The molecule has 2 heterocycles. The van der Waals surface area contributed by atoms with Gasteiger partial charge >= 0.3 is 0 Å². The van der Waals surface area contributed by atoms with Gasteiger partial charge in [0.1, 0.15) is 0 Å². The summed E-state index contributed by atoms with van der Waals surface area (Å²) in [5, 5.41) is 6.83. The number of nitrogens with zero attached hydrogens (tertiary/aromatic N) is 1. The molecule has 100 valence electrons. The number of pyridine rings is 1. The average Bonchev–Trinajstić information content (AvgIpc) is 2.67. The Labute approximate surface area is 119 Å². The fourth-order valence-electron chi connectivity index (χ4n) is 2.26. The highest BCUT2D eigenvalue weighted by Crippen LogP contribution is 2.31. The van der Waals surface area contributed by atoms with Crippen molar-refractivity contribution in [3.8, 4) is 0 Å². The highest BCUT2D eigenvalue weighted by molar-refractivity contribution is 5.85. The molecule has 0 atom stereocenters. The van der Waals surface area contributed by atoms with Crippen molar-refractivity contribution in [1.29, 1.82) is 0 Å². The monoisotopic (exact) mass is 263 g/mol. The molecule has 0 aliphatic carbocycles. The molecule has 2 N–H and O–H groups in total. The molecule has 0 saturated carbocycles. The molecule has 0 spiro atoms. The molecule has 1 aliphatic heterocycles. The molecule has 0 saturated heterocycles. The Kier molecular flexibility index (Phi) is 3.50. The van der Waals surface area contributed by atoms with Gasteiger partial charge in [0.25, 0.3) is 0 Å². The first kappa shape index (κ1) is 12.5. The lowest BCUT2D eigenvalue weighted by atomic mass is 10.1. The third-order valence-electron chi connectivity index (χ3n) is 3.28. The topological polar surface area (TPSA) is 37.0 Å². The average molecular weight is 263 g/mol. The smallest absolute Gasteiger partial charge is 0.0653 e. The number of nitrogens with one attached hydrogen (secondary N) is 2. The highest BCUT2D eigenvalue weighted by Gasteiger charge is 2.10. The summed E-state index contributed by atoms with van der Waals surface area (Å²) in [4.78, 5) is 4.12. The van der Waals surface area contributed by atoms with Gasteiger partial charge in [-0.1, -0.05) is 36.9 Å². The largest absolute Gasteiger partial charge is 0.382 e. The standard InChI is InChI=1S/C17H17N3/c1-13-9-11-19-17-15(5-2-6-16(17)20-13)8-7-14-4-3-10-18-12-14/h2-8,10,12,19-20H,1,9,11H2/b8-7+. The molecule has 3 nitrogen and oxygen atoms in total. The minimum atomic E-state index is 0.899. The molecule has 3 heteroatoms. The normalized spacial score (nSPS) is 14.3. The molecule has 0 radical (unpaired) electrons. The Hall–Kier alpha value is -2.55. The van der Waals surface area contributed by atoms with Crippen LogP contribution in [0.4, 0.5) is 11.4 Å². The zero-order valence-electron chi connectivity index (χ0n) is 11.3. The fraction of sp³-hybridized carbons (Fsp3) is 0.118. The van der Waals surface area contributed by atoms with Crippen LogP contribution in [-0.2, 0) is 0 Å². The summed E-state index contributed by atoms with van der Waals surface area (Å²) >= 11 is 0. The van der Waals surface area contributed by atoms with E-state index in [9.17, 15) is 0 Å². The lowest BCUT2D eigenvalue weighted by Gasteiger charge is -2.11. The molecule has 2 aromatic rings. The van der Waals surface area contributed by atoms with Crippen LogP contribution in [-0.4, -0.2) is 11.5 Å².